The lowest BCUT2D eigenvalue weighted by Gasteiger charge is -2.20. The van der Waals surface area contributed by atoms with Gasteiger partial charge in [0.05, 0.1) is 0 Å². The molecule has 0 saturated carbocycles. The lowest BCUT2D eigenvalue weighted by molar-refractivity contribution is -0.134. The van der Waals surface area contributed by atoms with Gasteiger partial charge < -0.3 is 10.0 Å². The molecule has 1 aliphatic heterocycles. The van der Waals surface area contributed by atoms with Crippen molar-refractivity contribution < 1.29 is 9.90 Å². The topological polar surface area (TPSA) is 40.5 Å². The lowest BCUT2D eigenvalue weighted by atomic mass is 10.1. The molecule has 2 heterocycles. The molecule has 2 rings (SSSR count). The van der Waals surface area contributed by atoms with Crippen molar-refractivity contribution in [1.29, 1.82) is 0 Å². The molecule has 17 heavy (non-hydrogen) atoms. The second-order valence-corrected chi connectivity index (χ2v) is 5.84. The maximum Gasteiger partial charge on any atom is 0.225 e. The first-order valence-electron chi connectivity index (χ1n) is 6.12. The van der Waals surface area contributed by atoms with Crippen molar-refractivity contribution in [3.63, 3.8) is 0 Å². The first kappa shape index (κ1) is 12.6. The van der Waals surface area contributed by atoms with Gasteiger partial charge in [-0.3, -0.25) is 4.79 Å². The highest BCUT2D eigenvalue weighted by Crippen LogP contribution is 2.21. The fraction of sp³-hybridized carbons (Fsp3) is 0.615. The summed E-state index contributed by atoms with van der Waals surface area (Å²) in [6.45, 7) is 3.72. The Morgan fingerprint density at radius 2 is 2.53 bits per heavy atom. The summed E-state index contributed by atoms with van der Waals surface area (Å²) < 4.78 is 0. The molecule has 1 aliphatic rings. The number of thiophene rings is 1. The number of hydrogen-bond acceptors (Lipinski definition) is 3. The van der Waals surface area contributed by atoms with Gasteiger partial charge in [-0.2, -0.15) is 0 Å². The molecule has 1 N–H and O–H groups in total. The molecule has 0 bridgehead atoms. The van der Waals surface area contributed by atoms with Gasteiger partial charge in [0.2, 0.25) is 5.91 Å². The van der Waals surface area contributed by atoms with Crippen LogP contribution in [0, 0.1) is 11.8 Å². The molecule has 0 radical (unpaired) electrons. The number of aliphatic hydroxyl groups excluding tert-OH is 1. The van der Waals surface area contributed by atoms with Gasteiger partial charge in [-0.15, -0.1) is 11.3 Å². The Morgan fingerprint density at radius 1 is 1.71 bits per heavy atom. The van der Waals surface area contributed by atoms with Crippen molar-refractivity contribution in [1.82, 2.24) is 4.90 Å². The molecular formula is C13H19NO2S. The molecule has 1 aromatic rings. The van der Waals surface area contributed by atoms with Gasteiger partial charge in [0.15, 0.2) is 0 Å². The average molecular weight is 253 g/mol. The van der Waals surface area contributed by atoms with E-state index >= 15 is 0 Å². The van der Waals surface area contributed by atoms with E-state index in [4.69, 9.17) is 5.11 Å². The number of nitrogens with zero attached hydrogens (tertiary/aromatic N) is 1. The van der Waals surface area contributed by atoms with Gasteiger partial charge in [0.25, 0.3) is 0 Å². The van der Waals surface area contributed by atoms with Gasteiger partial charge in [0.1, 0.15) is 0 Å². The maximum atomic E-state index is 12.2. The molecule has 0 aliphatic carbocycles. The monoisotopic (exact) mass is 253 g/mol. The van der Waals surface area contributed by atoms with Gasteiger partial charge >= 0.3 is 0 Å². The van der Waals surface area contributed by atoms with Crippen LogP contribution in [-0.2, 0) is 11.2 Å². The Balaban J connectivity index is 1.87. The minimum atomic E-state index is 0.0473. The third kappa shape index (κ3) is 3.07. The predicted molar refractivity (Wildman–Crippen MR) is 69.0 cm³/mol. The van der Waals surface area contributed by atoms with Crippen molar-refractivity contribution >= 4 is 17.2 Å². The number of amides is 1. The Morgan fingerprint density at radius 3 is 3.12 bits per heavy atom. The van der Waals surface area contributed by atoms with E-state index in [0.29, 0.717) is 0 Å². The first-order chi connectivity index (χ1) is 8.20. The third-order valence-corrected chi connectivity index (χ3v) is 4.26. The van der Waals surface area contributed by atoms with Gasteiger partial charge in [-0.05, 0) is 24.3 Å². The highest BCUT2D eigenvalue weighted by molar-refractivity contribution is 7.09. The summed E-state index contributed by atoms with van der Waals surface area (Å²) in [5.74, 6) is 0.563. The molecule has 4 heteroatoms. The number of rotatable bonds is 4. The van der Waals surface area contributed by atoms with Crippen LogP contribution in [0.2, 0.25) is 0 Å². The quantitative estimate of drug-likeness (QED) is 0.888. The van der Waals surface area contributed by atoms with E-state index in [-0.39, 0.29) is 24.3 Å². The first-order valence-corrected chi connectivity index (χ1v) is 7.00. The normalized spacial score (nSPS) is 21.8. The van der Waals surface area contributed by atoms with Crippen LogP contribution in [0.15, 0.2) is 17.5 Å². The van der Waals surface area contributed by atoms with Crippen molar-refractivity contribution in [2.45, 2.75) is 19.8 Å². The van der Waals surface area contributed by atoms with Crippen LogP contribution < -0.4 is 0 Å². The molecule has 0 spiro atoms. The van der Waals surface area contributed by atoms with Crippen LogP contribution >= 0.6 is 11.3 Å². The van der Waals surface area contributed by atoms with E-state index in [2.05, 4.69) is 6.07 Å². The Hall–Kier alpha value is -0.870. The summed E-state index contributed by atoms with van der Waals surface area (Å²) in [5.41, 5.74) is 0. The lowest BCUT2D eigenvalue weighted by Crippen LogP contribution is -2.34. The highest BCUT2D eigenvalue weighted by Gasteiger charge is 2.28. The fourth-order valence-corrected chi connectivity index (χ4v) is 3.15. The van der Waals surface area contributed by atoms with Crippen molar-refractivity contribution in [3.05, 3.63) is 22.4 Å². The second kappa shape index (κ2) is 5.65. The molecular weight excluding hydrogens is 234 g/mol. The van der Waals surface area contributed by atoms with Crippen molar-refractivity contribution in [2.75, 3.05) is 19.7 Å². The van der Waals surface area contributed by atoms with Crippen LogP contribution in [0.4, 0.5) is 0 Å². The van der Waals surface area contributed by atoms with E-state index in [9.17, 15) is 4.79 Å². The van der Waals surface area contributed by atoms with Gasteiger partial charge in [0, 0.05) is 36.4 Å². The summed E-state index contributed by atoms with van der Waals surface area (Å²) in [4.78, 5) is 15.4. The summed E-state index contributed by atoms with van der Waals surface area (Å²) >= 11 is 1.71. The Kier molecular flexibility index (Phi) is 4.18. The molecule has 2 unspecified atom stereocenters. The molecule has 1 fully saturated rings. The summed E-state index contributed by atoms with van der Waals surface area (Å²) in [7, 11) is 0. The zero-order valence-electron chi connectivity index (χ0n) is 10.1. The van der Waals surface area contributed by atoms with E-state index in [1.807, 2.05) is 23.3 Å². The number of aliphatic hydroxyl groups is 1. The summed E-state index contributed by atoms with van der Waals surface area (Å²) in [6.07, 6.45) is 1.77. The highest BCUT2D eigenvalue weighted by atomic mass is 32.1. The molecule has 0 aromatic carbocycles. The van der Waals surface area contributed by atoms with Crippen LogP contribution in [0.25, 0.3) is 0 Å². The van der Waals surface area contributed by atoms with Crippen LogP contribution in [-0.4, -0.2) is 35.6 Å². The van der Waals surface area contributed by atoms with Crippen molar-refractivity contribution in [3.8, 4) is 0 Å². The zero-order valence-corrected chi connectivity index (χ0v) is 10.9. The zero-order chi connectivity index (χ0) is 12.3. The van der Waals surface area contributed by atoms with E-state index in [1.54, 1.807) is 11.3 Å². The minimum Gasteiger partial charge on any atom is -0.396 e. The summed E-state index contributed by atoms with van der Waals surface area (Å²) in [6, 6.07) is 4.10. The average Bonchev–Trinajstić information content (AvgIpc) is 2.98. The number of carbonyl (C=O) groups is 1. The SMILES string of the molecule is CC(Cc1cccs1)C(=O)N1CCC(CO)C1. The molecule has 1 aromatic heterocycles. The molecule has 1 saturated heterocycles. The van der Waals surface area contributed by atoms with E-state index < -0.39 is 0 Å². The Bertz CT molecular complexity index is 364. The van der Waals surface area contributed by atoms with E-state index in [1.165, 1.54) is 4.88 Å². The van der Waals surface area contributed by atoms with E-state index in [0.717, 1.165) is 25.9 Å². The van der Waals surface area contributed by atoms with Crippen molar-refractivity contribution in [2.24, 2.45) is 11.8 Å². The number of likely N-dealkylation sites (tertiary alicyclic amines) is 1. The second-order valence-electron chi connectivity index (χ2n) is 4.81. The van der Waals surface area contributed by atoms with Crippen LogP contribution in [0.3, 0.4) is 0 Å². The third-order valence-electron chi connectivity index (χ3n) is 3.36. The minimum absolute atomic E-state index is 0.0473. The molecule has 1 amide bonds. The summed E-state index contributed by atoms with van der Waals surface area (Å²) in [5, 5.41) is 11.1. The van der Waals surface area contributed by atoms with Gasteiger partial charge in [-0.1, -0.05) is 13.0 Å². The smallest absolute Gasteiger partial charge is 0.225 e. The Labute approximate surface area is 106 Å². The standard InChI is InChI=1S/C13H19NO2S/c1-10(7-12-3-2-6-17-12)13(16)14-5-4-11(8-14)9-15/h2-3,6,10-11,15H,4-5,7-9H2,1H3. The molecule has 3 nitrogen and oxygen atoms in total. The molecule has 2 atom stereocenters. The fourth-order valence-electron chi connectivity index (χ4n) is 2.31. The number of carbonyl (C=O) groups excluding carboxylic acids is 1. The van der Waals surface area contributed by atoms with Crippen LogP contribution in [0.5, 0.6) is 0 Å². The maximum absolute atomic E-state index is 12.2. The van der Waals surface area contributed by atoms with Crippen LogP contribution in [0.1, 0.15) is 18.2 Å². The predicted octanol–water partition coefficient (Wildman–Crippen LogP) is 1.77. The largest absolute Gasteiger partial charge is 0.396 e. The van der Waals surface area contributed by atoms with Gasteiger partial charge in [-0.25, -0.2) is 0 Å². The number of hydrogen-bond donors (Lipinski definition) is 1. The molecule has 94 valence electrons.